The minimum absolute atomic E-state index is 0.0880. The Morgan fingerprint density at radius 3 is 2.32 bits per heavy atom. The van der Waals surface area contributed by atoms with Crippen LogP contribution in [0, 0.1) is 6.92 Å². The normalized spacial score (nSPS) is 10.4. The summed E-state index contributed by atoms with van der Waals surface area (Å²) in [4.78, 5) is 24.8. The smallest absolute Gasteiger partial charge is 0.224 e. The summed E-state index contributed by atoms with van der Waals surface area (Å²) in [6.45, 7) is 2.33. The Hall–Kier alpha value is -3.31. The zero-order valence-corrected chi connectivity index (χ0v) is 18.2. The first-order valence-corrected chi connectivity index (χ1v) is 10.3. The highest BCUT2D eigenvalue weighted by molar-refractivity contribution is 6.30. The van der Waals surface area contributed by atoms with Gasteiger partial charge in [0.25, 0.3) is 0 Å². The van der Waals surface area contributed by atoms with Gasteiger partial charge < -0.3 is 14.8 Å². The van der Waals surface area contributed by atoms with Crippen LogP contribution >= 0.6 is 11.6 Å². The van der Waals surface area contributed by atoms with E-state index in [9.17, 15) is 9.59 Å². The van der Waals surface area contributed by atoms with Crippen LogP contribution in [0.3, 0.4) is 0 Å². The third kappa shape index (κ3) is 6.59. The molecule has 5 nitrogen and oxygen atoms in total. The van der Waals surface area contributed by atoms with Crippen LogP contribution in [0.15, 0.2) is 66.7 Å². The van der Waals surface area contributed by atoms with E-state index in [-0.39, 0.29) is 24.5 Å². The summed E-state index contributed by atoms with van der Waals surface area (Å²) in [6.07, 6.45) is 0.193. The Kier molecular flexibility index (Phi) is 7.68. The number of carbonyl (C=O) groups excluding carboxylic acids is 2. The third-order valence-corrected chi connectivity index (χ3v) is 4.94. The first kappa shape index (κ1) is 22.4. The summed E-state index contributed by atoms with van der Waals surface area (Å²) in [7, 11) is 1.52. The number of aryl methyl sites for hydroxylation is 1. The van der Waals surface area contributed by atoms with Gasteiger partial charge in [0.15, 0.2) is 5.78 Å². The topological polar surface area (TPSA) is 64.6 Å². The van der Waals surface area contributed by atoms with Crippen LogP contribution in [0.2, 0.25) is 5.02 Å². The highest BCUT2D eigenvalue weighted by Crippen LogP contribution is 2.22. The van der Waals surface area contributed by atoms with E-state index < -0.39 is 0 Å². The van der Waals surface area contributed by atoms with Gasteiger partial charge in [0.05, 0.1) is 12.7 Å². The fourth-order valence-electron chi connectivity index (χ4n) is 3.01. The molecule has 3 aromatic carbocycles. The van der Waals surface area contributed by atoms with E-state index in [2.05, 4.69) is 5.32 Å². The number of ether oxygens (including phenoxy) is 2. The molecule has 0 fully saturated rings. The van der Waals surface area contributed by atoms with Gasteiger partial charge in [-0.2, -0.15) is 0 Å². The molecule has 3 aromatic rings. The van der Waals surface area contributed by atoms with Crippen LogP contribution in [-0.2, 0) is 11.4 Å². The molecular weight excluding hydrogens is 414 g/mol. The van der Waals surface area contributed by atoms with Crippen LogP contribution in [0.25, 0.3) is 0 Å². The van der Waals surface area contributed by atoms with Crippen LogP contribution in [0.5, 0.6) is 11.5 Å². The number of hydrogen-bond donors (Lipinski definition) is 1. The van der Waals surface area contributed by atoms with E-state index in [1.54, 1.807) is 36.4 Å². The largest absolute Gasteiger partial charge is 0.496 e. The minimum Gasteiger partial charge on any atom is -0.496 e. The zero-order valence-electron chi connectivity index (χ0n) is 17.5. The Labute approximate surface area is 187 Å². The van der Waals surface area contributed by atoms with Crippen molar-refractivity contribution in [2.75, 3.05) is 12.4 Å². The average molecular weight is 438 g/mol. The quantitative estimate of drug-likeness (QED) is 0.427. The number of nitrogens with one attached hydrogen (secondary N) is 1. The maximum Gasteiger partial charge on any atom is 0.224 e. The van der Waals surface area contributed by atoms with Crippen molar-refractivity contribution in [1.82, 2.24) is 0 Å². The zero-order chi connectivity index (χ0) is 22.2. The molecule has 3 rings (SSSR count). The molecule has 0 saturated carbocycles. The van der Waals surface area contributed by atoms with E-state index in [4.69, 9.17) is 21.1 Å². The molecule has 0 aliphatic rings. The maximum atomic E-state index is 12.5. The Balaban J connectivity index is 1.48. The van der Waals surface area contributed by atoms with Crippen LogP contribution in [-0.4, -0.2) is 18.8 Å². The first-order valence-electron chi connectivity index (χ1n) is 9.89. The van der Waals surface area contributed by atoms with Gasteiger partial charge in [0, 0.05) is 23.6 Å². The lowest BCUT2D eigenvalue weighted by molar-refractivity contribution is -0.116. The molecule has 160 valence electrons. The summed E-state index contributed by atoms with van der Waals surface area (Å²) in [5.41, 5.74) is 3.12. The number of rotatable bonds is 9. The fourth-order valence-corrected chi connectivity index (χ4v) is 3.13. The van der Waals surface area contributed by atoms with Gasteiger partial charge in [-0.25, -0.2) is 0 Å². The van der Waals surface area contributed by atoms with E-state index in [0.29, 0.717) is 34.4 Å². The van der Waals surface area contributed by atoms with Crippen LogP contribution in [0.4, 0.5) is 5.69 Å². The van der Waals surface area contributed by atoms with Crippen molar-refractivity contribution >= 4 is 29.0 Å². The minimum atomic E-state index is -0.227. The number of Topliss-reactive ketones (excluding diaryl/α,β-unsaturated/α-hetero) is 1. The molecule has 0 bridgehead atoms. The molecule has 0 spiro atoms. The fraction of sp³-hybridized carbons (Fsp3) is 0.200. The molecule has 0 aromatic heterocycles. The Morgan fingerprint density at radius 2 is 1.65 bits per heavy atom. The first-order chi connectivity index (χ1) is 14.9. The summed E-state index contributed by atoms with van der Waals surface area (Å²) < 4.78 is 11.0. The van der Waals surface area contributed by atoms with Gasteiger partial charge in [-0.15, -0.1) is 0 Å². The number of carbonyl (C=O) groups is 2. The molecule has 0 atom stereocenters. The predicted molar refractivity (Wildman–Crippen MR) is 122 cm³/mol. The monoisotopic (exact) mass is 437 g/mol. The van der Waals surface area contributed by atoms with Gasteiger partial charge in [-0.05, 0) is 61.0 Å². The summed E-state index contributed by atoms with van der Waals surface area (Å²) >= 11 is 5.88. The number of methoxy groups -OCH3 is 1. The number of hydrogen-bond acceptors (Lipinski definition) is 4. The second-order valence-electron chi connectivity index (χ2n) is 7.11. The number of benzene rings is 3. The number of amides is 1. The third-order valence-electron chi connectivity index (χ3n) is 4.69. The average Bonchev–Trinajstić information content (AvgIpc) is 2.78. The van der Waals surface area contributed by atoms with Crippen LogP contribution < -0.4 is 14.8 Å². The molecule has 6 heteroatoms. The standard InChI is InChI=1S/C25H24ClNO4/c1-17-3-13-24(30-2)22(15-17)23(28)12-14-25(29)27-20-8-10-21(11-9-20)31-16-18-4-6-19(26)7-5-18/h3-11,13,15H,12,14,16H2,1-2H3,(H,27,29). The van der Waals surface area contributed by atoms with E-state index in [1.807, 2.05) is 37.3 Å². The molecule has 1 N–H and O–H groups in total. The van der Waals surface area contributed by atoms with Crippen molar-refractivity contribution in [3.05, 3.63) is 88.4 Å². The molecule has 1 amide bonds. The van der Waals surface area contributed by atoms with Gasteiger partial charge in [-0.3, -0.25) is 9.59 Å². The lowest BCUT2D eigenvalue weighted by Gasteiger charge is -2.10. The summed E-state index contributed by atoms with van der Waals surface area (Å²) in [5.74, 6) is 0.858. The molecule has 0 saturated heterocycles. The van der Waals surface area contributed by atoms with E-state index in [1.165, 1.54) is 7.11 Å². The molecule has 0 heterocycles. The van der Waals surface area contributed by atoms with Gasteiger partial charge in [0.1, 0.15) is 18.1 Å². The number of halogens is 1. The van der Waals surface area contributed by atoms with Crippen molar-refractivity contribution in [2.45, 2.75) is 26.4 Å². The Bertz CT molecular complexity index is 1050. The highest BCUT2D eigenvalue weighted by atomic mass is 35.5. The lowest BCUT2D eigenvalue weighted by Crippen LogP contribution is -2.14. The summed E-state index contributed by atoms with van der Waals surface area (Å²) in [5, 5.41) is 3.49. The number of ketones is 1. The van der Waals surface area contributed by atoms with Crippen molar-refractivity contribution in [3.8, 4) is 11.5 Å². The molecular formula is C25H24ClNO4. The molecule has 31 heavy (non-hydrogen) atoms. The predicted octanol–water partition coefficient (Wildman–Crippen LogP) is 5.84. The van der Waals surface area contributed by atoms with Crippen LogP contribution in [0.1, 0.15) is 34.3 Å². The SMILES string of the molecule is COc1ccc(C)cc1C(=O)CCC(=O)Nc1ccc(OCc2ccc(Cl)cc2)cc1. The van der Waals surface area contributed by atoms with E-state index >= 15 is 0 Å². The molecule has 0 aliphatic heterocycles. The maximum absolute atomic E-state index is 12.5. The van der Waals surface area contributed by atoms with E-state index in [0.717, 1.165) is 11.1 Å². The van der Waals surface area contributed by atoms with Crippen molar-refractivity contribution in [1.29, 1.82) is 0 Å². The number of anilines is 1. The van der Waals surface area contributed by atoms with Gasteiger partial charge >= 0.3 is 0 Å². The second kappa shape index (κ2) is 10.6. The van der Waals surface area contributed by atoms with Crippen molar-refractivity contribution in [2.24, 2.45) is 0 Å². The Morgan fingerprint density at radius 1 is 0.935 bits per heavy atom. The van der Waals surface area contributed by atoms with Crippen molar-refractivity contribution in [3.63, 3.8) is 0 Å². The van der Waals surface area contributed by atoms with Crippen molar-refractivity contribution < 1.29 is 19.1 Å². The van der Waals surface area contributed by atoms with Gasteiger partial charge in [-0.1, -0.05) is 35.4 Å². The highest BCUT2D eigenvalue weighted by Gasteiger charge is 2.14. The second-order valence-corrected chi connectivity index (χ2v) is 7.55. The molecule has 0 unspecified atom stereocenters. The molecule has 0 radical (unpaired) electrons. The molecule has 0 aliphatic carbocycles. The summed E-state index contributed by atoms with van der Waals surface area (Å²) in [6, 6.07) is 20.0. The van der Waals surface area contributed by atoms with Gasteiger partial charge in [0.2, 0.25) is 5.91 Å². The lowest BCUT2D eigenvalue weighted by atomic mass is 10.0.